The molecule has 2 N–H and O–H groups in total. The van der Waals surface area contributed by atoms with E-state index in [1.165, 1.54) is 4.90 Å². The van der Waals surface area contributed by atoms with Crippen molar-refractivity contribution >= 4 is 17.6 Å². The number of piperidine rings is 1. The summed E-state index contributed by atoms with van der Waals surface area (Å²) in [6.45, 7) is 6.45. The molecule has 1 fully saturated rings. The van der Waals surface area contributed by atoms with Gasteiger partial charge in [0.25, 0.3) is 0 Å². The van der Waals surface area contributed by atoms with Gasteiger partial charge in [0.15, 0.2) is 0 Å². The minimum atomic E-state index is -0.925. The second-order valence-corrected chi connectivity index (χ2v) is 3.54. The lowest BCUT2D eigenvalue weighted by atomic mass is 9.93. The standard InChI is InChI=1S/C9H14N2O3.C2H6/c1-6(12)7-2-4-11(5-3-7)9(14)8(10)13;1-2/h7H,2-5H2,1H3,(H2,10,13);1-2H3. The Morgan fingerprint density at radius 1 is 1.12 bits per heavy atom. The molecule has 92 valence electrons. The topological polar surface area (TPSA) is 80.5 Å². The summed E-state index contributed by atoms with van der Waals surface area (Å²) in [7, 11) is 0. The molecule has 0 atom stereocenters. The van der Waals surface area contributed by atoms with Crippen LogP contribution in [0.3, 0.4) is 0 Å². The van der Waals surface area contributed by atoms with Crippen molar-refractivity contribution in [2.24, 2.45) is 11.7 Å². The van der Waals surface area contributed by atoms with E-state index in [1.54, 1.807) is 6.92 Å². The third kappa shape index (κ3) is 4.00. The first kappa shape index (κ1) is 14.6. The molecule has 16 heavy (non-hydrogen) atoms. The molecular weight excluding hydrogens is 208 g/mol. The highest BCUT2D eigenvalue weighted by Gasteiger charge is 2.27. The van der Waals surface area contributed by atoms with Gasteiger partial charge in [-0.1, -0.05) is 13.8 Å². The Balaban J connectivity index is 0.00000106. The number of carbonyl (C=O) groups is 3. The van der Waals surface area contributed by atoms with Crippen LogP contribution in [0.5, 0.6) is 0 Å². The Morgan fingerprint density at radius 3 is 1.88 bits per heavy atom. The number of hydrogen-bond acceptors (Lipinski definition) is 3. The number of nitrogens with zero attached hydrogens (tertiary/aromatic N) is 1. The van der Waals surface area contributed by atoms with Crippen molar-refractivity contribution in [2.45, 2.75) is 33.6 Å². The molecule has 0 aromatic rings. The fourth-order valence-corrected chi connectivity index (χ4v) is 1.64. The normalized spacial score (nSPS) is 16.1. The highest BCUT2D eigenvalue weighted by Crippen LogP contribution is 2.17. The molecule has 0 radical (unpaired) electrons. The van der Waals surface area contributed by atoms with Crippen molar-refractivity contribution in [2.75, 3.05) is 13.1 Å². The van der Waals surface area contributed by atoms with Crippen molar-refractivity contribution in [3.63, 3.8) is 0 Å². The van der Waals surface area contributed by atoms with Crippen molar-refractivity contribution in [3.05, 3.63) is 0 Å². The zero-order valence-corrected chi connectivity index (χ0v) is 10.2. The number of amides is 2. The van der Waals surface area contributed by atoms with Gasteiger partial charge in [-0.25, -0.2) is 0 Å². The molecule has 0 unspecified atom stereocenters. The monoisotopic (exact) mass is 228 g/mol. The Kier molecular flexibility index (Phi) is 6.37. The molecular formula is C11H20N2O3. The number of primary amides is 1. The van der Waals surface area contributed by atoms with E-state index in [0.29, 0.717) is 25.9 Å². The van der Waals surface area contributed by atoms with Crippen LogP contribution < -0.4 is 5.73 Å². The van der Waals surface area contributed by atoms with Gasteiger partial charge in [-0.05, 0) is 19.8 Å². The first-order chi connectivity index (χ1) is 7.52. The molecule has 0 saturated carbocycles. The largest absolute Gasteiger partial charge is 0.361 e. The zero-order valence-electron chi connectivity index (χ0n) is 10.2. The second-order valence-electron chi connectivity index (χ2n) is 3.54. The highest BCUT2D eigenvalue weighted by molar-refractivity contribution is 6.34. The first-order valence-electron chi connectivity index (χ1n) is 5.61. The quantitative estimate of drug-likeness (QED) is 0.656. The lowest BCUT2D eigenvalue weighted by Gasteiger charge is -2.29. The van der Waals surface area contributed by atoms with Gasteiger partial charge in [0, 0.05) is 19.0 Å². The predicted molar refractivity (Wildman–Crippen MR) is 60.5 cm³/mol. The van der Waals surface area contributed by atoms with E-state index >= 15 is 0 Å². The molecule has 5 nitrogen and oxygen atoms in total. The molecule has 0 aromatic heterocycles. The molecule has 5 heteroatoms. The number of rotatable bonds is 1. The molecule has 0 spiro atoms. The van der Waals surface area contributed by atoms with Crippen molar-refractivity contribution in [1.82, 2.24) is 4.90 Å². The fourth-order valence-electron chi connectivity index (χ4n) is 1.64. The number of nitrogens with two attached hydrogens (primary N) is 1. The smallest absolute Gasteiger partial charge is 0.311 e. The maximum absolute atomic E-state index is 11.1. The summed E-state index contributed by atoms with van der Waals surface area (Å²) in [5.41, 5.74) is 4.86. The Hall–Kier alpha value is -1.39. The SMILES string of the molecule is CC.CC(=O)C1CCN(C(=O)C(N)=O)CC1. The number of carbonyl (C=O) groups excluding carboxylic acids is 3. The predicted octanol–water partition coefficient (Wildman–Crippen LogP) is 0.326. The van der Waals surface area contributed by atoms with E-state index in [4.69, 9.17) is 5.73 Å². The molecule has 1 saturated heterocycles. The third-order valence-corrected chi connectivity index (χ3v) is 2.57. The molecule has 0 bridgehead atoms. The van der Waals surface area contributed by atoms with Crippen LogP contribution in [0.15, 0.2) is 0 Å². The summed E-state index contributed by atoms with van der Waals surface area (Å²) in [5, 5.41) is 0. The molecule has 1 rings (SSSR count). The molecule has 1 aliphatic heterocycles. The summed E-state index contributed by atoms with van der Waals surface area (Å²) in [6.07, 6.45) is 1.27. The van der Waals surface area contributed by atoms with Gasteiger partial charge >= 0.3 is 11.8 Å². The number of Topliss-reactive ketones (excluding diaryl/α,β-unsaturated/α-hetero) is 1. The second kappa shape index (κ2) is 6.98. The van der Waals surface area contributed by atoms with Crippen molar-refractivity contribution < 1.29 is 14.4 Å². The Labute approximate surface area is 96.0 Å². The van der Waals surface area contributed by atoms with Gasteiger partial charge in [0.05, 0.1) is 0 Å². The summed E-state index contributed by atoms with van der Waals surface area (Å²) in [6, 6.07) is 0. The highest BCUT2D eigenvalue weighted by atomic mass is 16.2. The van der Waals surface area contributed by atoms with Gasteiger partial charge in [-0.3, -0.25) is 14.4 Å². The zero-order chi connectivity index (χ0) is 12.7. The molecule has 0 aromatic carbocycles. The number of hydrogen-bond donors (Lipinski definition) is 1. The van der Waals surface area contributed by atoms with Crippen LogP contribution >= 0.6 is 0 Å². The summed E-state index contributed by atoms with van der Waals surface area (Å²) < 4.78 is 0. The number of ketones is 1. The van der Waals surface area contributed by atoms with Crippen molar-refractivity contribution in [3.8, 4) is 0 Å². The van der Waals surface area contributed by atoms with Crippen LogP contribution in [0.2, 0.25) is 0 Å². The van der Waals surface area contributed by atoms with E-state index in [0.717, 1.165) is 0 Å². The van der Waals surface area contributed by atoms with Gasteiger partial charge in [0.1, 0.15) is 5.78 Å². The average molecular weight is 228 g/mol. The molecule has 2 amide bonds. The van der Waals surface area contributed by atoms with Crippen LogP contribution in [-0.2, 0) is 14.4 Å². The molecule has 1 heterocycles. The fraction of sp³-hybridized carbons (Fsp3) is 0.727. The van der Waals surface area contributed by atoms with Crippen LogP contribution in [0.25, 0.3) is 0 Å². The van der Waals surface area contributed by atoms with Crippen LogP contribution in [0.1, 0.15) is 33.6 Å². The minimum absolute atomic E-state index is 0.0342. The van der Waals surface area contributed by atoms with Crippen LogP contribution in [0, 0.1) is 5.92 Å². The van der Waals surface area contributed by atoms with Crippen LogP contribution in [0.4, 0.5) is 0 Å². The maximum atomic E-state index is 11.1. The Morgan fingerprint density at radius 2 is 1.56 bits per heavy atom. The van der Waals surface area contributed by atoms with E-state index in [1.807, 2.05) is 13.8 Å². The summed E-state index contributed by atoms with van der Waals surface area (Å²) >= 11 is 0. The van der Waals surface area contributed by atoms with E-state index in [-0.39, 0.29) is 11.7 Å². The summed E-state index contributed by atoms with van der Waals surface area (Å²) in [4.78, 5) is 34.1. The van der Waals surface area contributed by atoms with E-state index in [2.05, 4.69) is 0 Å². The molecule has 1 aliphatic rings. The summed E-state index contributed by atoms with van der Waals surface area (Å²) in [5.74, 6) is -1.39. The van der Waals surface area contributed by atoms with Crippen LogP contribution in [-0.4, -0.2) is 35.6 Å². The van der Waals surface area contributed by atoms with Crippen molar-refractivity contribution in [1.29, 1.82) is 0 Å². The van der Waals surface area contributed by atoms with E-state index < -0.39 is 11.8 Å². The lowest BCUT2D eigenvalue weighted by Crippen LogP contribution is -2.45. The van der Waals surface area contributed by atoms with Gasteiger partial charge < -0.3 is 10.6 Å². The molecule has 0 aliphatic carbocycles. The Bertz CT molecular complexity index is 268. The minimum Gasteiger partial charge on any atom is -0.361 e. The van der Waals surface area contributed by atoms with Gasteiger partial charge in [-0.2, -0.15) is 0 Å². The van der Waals surface area contributed by atoms with Gasteiger partial charge in [0.2, 0.25) is 0 Å². The average Bonchev–Trinajstić information content (AvgIpc) is 2.30. The number of likely N-dealkylation sites (tertiary alicyclic amines) is 1. The van der Waals surface area contributed by atoms with Gasteiger partial charge in [-0.15, -0.1) is 0 Å². The third-order valence-electron chi connectivity index (χ3n) is 2.57. The maximum Gasteiger partial charge on any atom is 0.311 e. The van der Waals surface area contributed by atoms with E-state index in [9.17, 15) is 14.4 Å². The first-order valence-corrected chi connectivity index (χ1v) is 5.61. The lowest BCUT2D eigenvalue weighted by molar-refractivity contribution is -0.145.